The summed E-state index contributed by atoms with van der Waals surface area (Å²) in [5.74, 6) is -0.387. The summed E-state index contributed by atoms with van der Waals surface area (Å²) in [4.78, 5) is 0. The van der Waals surface area contributed by atoms with Crippen molar-refractivity contribution in [2.45, 2.75) is 25.6 Å². The minimum atomic E-state index is -3.66. The Kier molecular flexibility index (Phi) is 3.40. The molecule has 0 saturated carbocycles. The molecule has 0 bridgehead atoms. The van der Waals surface area contributed by atoms with Gasteiger partial charge in [0.15, 0.2) is 0 Å². The van der Waals surface area contributed by atoms with Crippen LogP contribution in [-0.4, -0.2) is 24.6 Å². The van der Waals surface area contributed by atoms with Crippen LogP contribution in [0.4, 0.5) is 8.78 Å². The standard InChI is InChI=1S/C7H11F2N3O2S/c1-5-6(4-15(10,13)14)2-12(11-5)3-7(8)9/h2,7H,3-4H2,1H3,(H2,10,13,14). The van der Waals surface area contributed by atoms with Gasteiger partial charge in [-0.2, -0.15) is 5.10 Å². The Morgan fingerprint density at radius 2 is 2.20 bits per heavy atom. The van der Waals surface area contributed by atoms with E-state index in [1.54, 1.807) is 6.92 Å². The van der Waals surface area contributed by atoms with Crippen molar-refractivity contribution >= 4 is 10.0 Å². The molecule has 1 aromatic heterocycles. The maximum absolute atomic E-state index is 12.0. The maximum Gasteiger partial charge on any atom is 0.257 e. The first kappa shape index (κ1) is 12.1. The second-order valence-corrected chi connectivity index (χ2v) is 4.77. The average molecular weight is 239 g/mol. The van der Waals surface area contributed by atoms with Crippen molar-refractivity contribution in [1.29, 1.82) is 0 Å². The summed E-state index contributed by atoms with van der Waals surface area (Å²) in [6.45, 7) is 0.994. The number of nitrogens with two attached hydrogens (primary N) is 1. The Labute approximate surface area is 85.9 Å². The predicted octanol–water partition coefficient (Wildman–Crippen LogP) is 0.245. The van der Waals surface area contributed by atoms with Crippen molar-refractivity contribution in [1.82, 2.24) is 9.78 Å². The quantitative estimate of drug-likeness (QED) is 0.817. The molecule has 0 fully saturated rings. The zero-order valence-corrected chi connectivity index (χ0v) is 8.84. The Balaban J connectivity index is 2.87. The van der Waals surface area contributed by atoms with Gasteiger partial charge in [-0.15, -0.1) is 0 Å². The number of aromatic nitrogens is 2. The largest absolute Gasteiger partial charge is 0.266 e. The number of aryl methyl sites for hydroxylation is 1. The molecule has 0 spiro atoms. The van der Waals surface area contributed by atoms with E-state index in [1.165, 1.54) is 6.20 Å². The molecule has 0 aliphatic carbocycles. The van der Waals surface area contributed by atoms with Crippen molar-refractivity contribution in [2.24, 2.45) is 5.14 Å². The lowest BCUT2D eigenvalue weighted by Crippen LogP contribution is -2.14. The van der Waals surface area contributed by atoms with E-state index in [0.717, 1.165) is 4.68 Å². The number of hydrogen-bond donors (Lipinski definition) is 1. The van der Waals surface area contributed by atoms with E-state index in [1.807, 2.05) is 0 Å². The predicted molar refractivity (Wildman–Crippen MR) is 49.8 cm³/mol. The van der Waals surface area contributed by atoms with Gasteiger partial charge in [-0.25, -0.2) is 22.3 Å². The Hall–Kier alpha value is -1.02. The first-order valence-corrected chi connectivity index (χ1v) is 5.81. The lowest BCUT2D eigenvalue weighted by Gasteiger charge is -1.97. The number of hydrogen-bond acceptors (Lipinski definition) is 3. The van der Waals surface area contributed by atoms with E-state index in [9.17, 15) is 17.2 Å². The molecular formula is C7H11F2N3O2S. The van der Waals surface area contributed by atoms with E-state index in [-0.39, 0.29) is 5.75 Å². The second kappa shape index (κ2) is 4.23. The number of nitrogens with zero attached hydrogens (tertiary/aromatic N) is 2. The summed E-state index contributed by atoms with van der Waals surface area (Å²) >= 11 is 0. The molecule has 2 N–H and O–H groups in total. The first-order valence-electron chi connectivity index (χ1n) is 4.09. The van der Waals surface area contributed by atoms with Crippen LogP contribution >= 0.6 is 0 Å². The van der Waals surface area contributed by atoms with Crippen LogP contribution in [0.25, 0.3) is 0 Å². The van der Waals surface area contributed by atoms with Crippen molar-refractivity contribution in [3.8, 4) is 0 Å². The van der Waals surface area contributed by atoms with Crippen molar-refractivity contribution in [3.05, 3.63) is 17.5 Å². The highest BCUT2D eigenvalue weighted by Crippen LogP contribution is 2.09. The zero-order chi connectivity index (χ0) is 11.6. The van der Waals surface area contributed by atoms with Crippen LogP contribution < -0.4 is 5.14 Å². The average Bonchev–Trinajstić information content (AvgIpc) is 2.26. The molecule has 0 aromatic carbocycles. The van der Waals surface area contributed by atoms with Gasteiger partial charge >= 0.3 is 0 Å². The summed E-state index contributed by atoms with van der Waals surface area (Å²) < 4.78 is 46.6. The molecule has 0 saturated heterocycles. The minimum absolute atomic E-state index is 0.346. The van der Waals surface area contributed by atoms with E-state index in [2.05, 4.69) is 5.10 Å². The number of sulfonamides is 1. The van der Waals surface area contributed by atoms with Gasteiger partial charge in [0.25, 0.3) is 6.43 Å². The number of rotatable bonds is 4. The molecule has 5 nitrogen and oxygen atoms in total. The molecule has 1 aromatic rings. The minimum Gasteiger partial charge on any atom is -0.266 e. The molecule has 0 atom stereocenters. The molecule has 0 radical (unpaired) electrons. The molecule has 86 valence electrons. The third-order valence-electron chi connectivity index (χ3n) is 1.73. The molecule has 0 amide bonds. The van der Waals surface area contributed by atoms with Gasteiger partial charge in [0.2, 0.25) is 10.0 Å². The van der Waals surface area contributed by atoms with Crippen molar-refractivity contribution < 1.29 is 17.2 Å². The maximum atomic E-state index is 12.0. The van der Waals surface area contributed by atoms with Gasteiger partial charge < -0.3 is 0 Å². The lowest BCUT2D eigenvalue weighted by atomic mass is 10.3. The van der Waals surface area contributed by atoms with E-state index >= 15 is 0 Å². The first-order chi connectivity index (χ1) is 6.78. The summed E-state index contributed by atoms with van der Waals surface area (Å²) in [5.41, 5.74) is 0.739. The van der Waals surface area contributed by atoms with Gasteiger partial charge in [-0.3, -0.25) is 4.68 Å². The molecule has 0 aliphatic heterocycles. The van der Waals surface area contributed by atoms with Crippen molar-refractivity contribution in [3.63, 3.8) is 0 Å². The van der Waals surface area contributed by atoms with Crippen LogP contribution in [0.2, 0.25) is 0 Å². The van der Waals surface area contributed by atoms with Gasteiger partial charge in [-0.05, 0) is 6.92 Å². The summed E-state index contributed by atoms with van der Waals surface area (Å²) in [7, 11) is -3.66. The van der Waals surface area contributed by atoms with Crippen LogP contribution in [0.15, 0.2) is 6.20 Å². The third-order valence-corrected chi connectivity index (χ3v) is 2.44. The fraction of sp³-hybridized carbons (Fsp3) is 0.571. The van der Waals surface area contributed by atoms with Crippen LogP contribution in [0.5, 0.6) is 0 Å². The fourth-order valence-corrected chi connectivity index (χ4v) is 1.87. The van der Waals surface area contributed by atoms with E-state index in [0.29, 0.717) is 11.3 Å². The van der Waals surface area contributed by atoms with Crippen LogP contribution in [-0.2, 0) is 22.3 Å². The van der Waals surface area contributed by atoms with Crippen LogP contribution in [0.1, 0.15) is 11.3 Å². The van der Waals surface area contributed by atoms with Gasteiger partial charge in [0, 0.05) is 11.8 Å². The van der Waals surface area contributed by atoms with Crippen LogP contribution in [0.3, 0.4) is 0 Å². The fourth-order valence-electron chi connectivity index (χ4n) is 1.15. The molecule has 1 rings (SSSR count). The smallest absolute Gasteiger partial charge is 0.257 e. The number of alkyl halides is 2. The van der Waals surface area contributed by atoms with Gasteiger partial charge in [-0.1, -0.05) is 0 Å². The molecule has 8 heteroatoms. The molecule has 1 heterocycles. The topological polar surface area (TPSA) is 78.0 Å². The summed E-state index contributed by atoms with van der Waals surface area (Å²) in [6.07, 6.45) is -1.25. The highest BCUT2D eigenvalue weighted by Gasteiger charge is 2.13. The second-order valence-electron chi connectivity index (χ2n) is 3.16. The van der Waals surface area contributed by atoms with Gasteiger partial charge in [0.1, 0.15) is 6.54 Å². The summed E-state index contributed by atoms with van der Waals surface area (Å²) in [5, 5.41) is 8.59. The number of halogens is 2. The Bertz CT molecular complexity index is 441. The third kappa shape index (κ3) is 3.92. The molecule has 15 heavy (non-hydrogen) atoms. The number of primary sulfonamides is 1. The molecule has 0 aliphatic rings. The monoisotopic (exact) mass is 239 g/mol. The SMILES string of the molecule is Cc1nn(CC(F)F)cc1CS(N)(=O)=O. The van der Waals surface area contributed by atoms with Crippen LogP contribution in [0, 0.1) is 6.92 Å². The Morgan fingerprint density at radius 3 is 2.67 bits per heavy atom. The normalized spacial score (nSPS) is 12.3. The molecular weight excluding hydrogens is 228 g/mol. The molecule has 0 unspecified atom stereocenters. The zero-order valence-electron chi connectivity index (χ0n) is 8.02. The van der Waals surface area contributed by atoms with E-state index in [4.69, 9.17) is 5.14 Å². The van der Waals surface area contributed by atoms with Crippen molar-refractivity contribution in [2.75, 3.05) is 0 Å². The highest BCUT2D eigenvalue weighted by atomic mass is 32.2. The van der Waals surface area contributed by atoms with E-state index < -0.39 is 23.0 Å². The van der Waals surface area contributed by atoms with Gasteiger partial charge in [0.05, 0.1) is 11.4 Å². The highest BCUT2D eigenvalue weighted by molar-refractivity contribution is 7.88. The lowest BCUT2D eigenvalue weighted by molar-refractivity contribution is 0.121. The summed E-state index contributed by atoms with van der Waals surface area (Å²) in [6, 6.07) is 0. The Morgan fingerprint density at radius 1 is 1.60 bits per heavy atom.